The average Bonchev–Trinajstić information content (AvgIpc) is 2.52. The van der Waals surface area contributed by atoms with Crippen LogP contribution in [0.15, 0.2) is 0 Å². The van der Waals surface area contributed by atoms with Gasteiger partial charge in [-0.2, -0.15) is 0 Å². The second kappa shape index (κ2) is 16.1. The summed E-state index contributed by atoms with van der Waals surface area (Å²) in [5.74, 6) is -1.26. The monoisotopic (exact) mass is 323 g/mol. The maximum Gasteiger partial charge on any atom is 0.345 e. The van der Waals surface area contributed by atoms with Crippen LogP contribution in [0.25, 0.3) is 0 Å². The molecule has 0 bridgehead atoms. The van der Waals surface area contributed by atoms with Crippen molar-refractivity contribution >= 4 is 11.9 Å². The first-order valence-electron chi connectivity index (χ1n) is 6.88. The number of carbonyl (C=O) groups excluding carboxylic acids is 2. The first-order chi connectivity index (χ1) is 10.7. The highest BCUT2D eigenvalue weighted by atomic mass is 16.6. The Bertz CT molecular complexity index is 287. The summed E-state index contributed by atoms with van der Waals surface area (Å²) in [7, 11) is 3.23. The summed E-state index contributed by atoms with van der Waals surface area (Å²) in [5.41, 5.74) is 0. The predicted molar refractivity (Wildman–Crippen MR) is 75.3 cm³/mol. The molecular formula is C13H25NO8. The molecule has 9 heteroatoms. The summed E-state index contributed by atoms with van der Waals surface area (Å²) in [5, 5.41) is 2.62. The van der Waals surface area contributed by atoms with Crippen molar-refractivity contribution in [3.63, 3.8) is 0 Å². The van der Waals surface area contributed by atoms with Gasteiger partial charge in [0.1, 0.15) is 13.3 Å². The molecule has 0 saturated carbocycles. The molecule has 0 aliphatic heterocycles. The van der Waals surface area contributed by atoms with Crippen LogP contribution in [0.2, 0.25) is 0 Å². The Morgan fingerprint density at radius 2 is 1.32 bits per heavy atom. The van der Waals surface area contributed by atoms with E-state index in [4.69, 9.17) is 18.9 Å². The number of rotatable bonds is 15. The molecule has 130 valence electrons. The molecule has 9 nitrogen and oxygen atoms in total. The molecule has 0 rings (SSSR count). The zero-order chi connectivity index (χ0) is 16.5. The van der Waals surface area contributed by atoms with Gasteiger partial charge in [-0.3, -0.25) is 5.32 Å². The lowest BCUT2D eigenvalue weighted by Gasteiger charge is -2.07. The zero-order valence-corrected chi connectivity index (χ0v) is 13.1. The Balaban J connectivity index is 3.26. The Morgan fingerprint density at radius 3 is 1.91 bits per heavy atom. The van der Waals surface area contributed by atoms with Crippen molar-refractivity contribution in [3.05, 3.63) is 0 Å². The molecule has 0 aromatic heterocycles. The van der Waals surface area contributed by atoms with Gasteiger partial charge in [-0.05, 0) is 7.05 Å². The average molecular weight is 323 g/mol. The van der Waals surface area contributed by atoms with Crippen LogP contribution in [-0.4, -0.2) is 85.7 Å². The number of ether oxygens (including phenoxy) is 6. The lowest BCUT2D eigenvalue weighted by molar-refractivity contribution is -0.162. The minimum atomic E-state index is -0.635. The van der Waals surface area contributed by atoms with E-state index < -0.39 is 18.5 Å². The minimum Gasteiger partial charge on any atom is -0.452 e. The van der Waals surface area contributed by atoms with Crippen molar-refractivity contribution in [2.24, 2.45) is 0 Å². The van der Waals surface area contributed by atoms with E-state index in [1.165, 1.54) is 0 Å². The number of methoxy groups -OCH3 is 1. The second-order valence-corrected chi connectivity index (χ2v) is 3.95. The summed E-state index contributed by atoms with van der Waals surface area (Å²) in [6.45, 7) is 1.97. The van der Waals surface area contributed by atoms with Gasteiger partial charge in [0.15, 0.2) is 6.61 Å². The van der Waals surface area contributed by atoms with Crippen molar-refractivity contribution in [3.8, 4) is 0 Å². The molecule has 0 heterocycles. The highest BCUT2D eigenvalue weighted by Crippen LogP contribution is 1.86. The molecule has 0 aromatic rings. The molecule has 0 unspecified atom stereocenters. The van der Waals surface area contributed by atoms with E-state index in [9.17, 15) is 9.59 Å². The number of carbonyl (C=O) groups is 2. The van der Waals surface area contributed by atoms with E-state index in [0.717, 1.165) is 0 Å². The molecule has 22 heavy (non-hydrogen) atoms. The van der Waals surface area contributed by atoms with E-state index in [1.807, 2.05) is 0 Å². The summed E-state index contributed by atoms with van der Waals surface area (Å²) >= 11 is 0. The molecule has 0 aliphatic rings. The van der Waals surface area contributed by atoms with Gasteiger partial charge in [0.2, 0.25) is 0 Å². The first-order valence-corrected chi connectivity index (χ1v) is 6.88. The van der Waals surface area contributed by atoms with Crippen LogP contribution in [0, 0.1) is 0 Å². The molecular weight excluding hydrogens is 298 g/mol. The van der Waals surface area contributed by atoms with Gasteiger partial charge in [0.05, 0.1) is 39.6 Å². The van der Waals surface area contributed by atoms with Crippen LogP contribution >= 0.6 is 0 Å². The standard InChI is InChI=1S/C13H25NO8/c1-14-11-22-13(16)10-21-12(15)9-20-8-7-19-6-5-18-4-3-17-2/h14H,3-11H2,1-2H3. The van der Waals surface area contributed by atoms with Gasteiger partial charge in [0.25, 0.3) is 0 Å². The molecule has 0 saturated heterocycles. The van der Waals surface area contributed by atoms with Gasteiger partial charge in [-0.1, -0.05) is 0 Å². The lowest BCUT2D eigenvalue weighted by Crippen LogP contribution is -2.23. The molecule has 1 N–H and O–H groups in total. The number of nitrogens with one attached hydrogen (secondary N) is 1. The Kier molecular flexibility index (Phi) is 15.2. The van der Waals surface area contributed by atoms with Crippen LogP contribution in [0.3, 0.4) is 0 Å². The van der Waals surface area contributed by atoms with E-state index >= 15 is 0 Å². The third-order valence-corrected chi connectivity index (χ3v) is 2.12. The van der Waals surface area contributed by atoms with Gasteiger partial charge < -0.3 is 28.4 Å². The van der Waals surface area contributed by atoms with Crippen LogP contribution in [0.1, 0.15) is 0 Å². The van der Waals surface area contributed by atoms with Crippen LogP contribution in [-0.2, 0) is 38.0 Å². The highest BCUT2D eigenvalue weighted by Gasteiger charge is 2.08. The minimum absolute atomic E-state index is 0.0689. The SMILES string of the molecule is CNCOC(=O)COC(=O)COCCOCCOCCOC. The van der Waals surface area contributed by atoms with Crippen molar-refractivity contribution in [2.75, 3.05) is 73.7 Å². The number of esters is 2. The Hall–Kier alpha value is -1.26. The molecule has 0 aliphatic carbocycles. The summed E-state index contributed by atoms with van der Waals surface area (Å²) in [6.07, 6.45) is 0. The van der Waals surface area contributed by atoms with E-state index in [0.29, 0.717) is 33.0 Å². The Morgan fingerprint density at radius 1 is 0.773 bits per heavy atom. The van der Waals surface area contributed by atoms with Crippen LogP contribution in [0.4, 0.5) is 0 Å². The summed E-state index contributed by atoms with van der Waals surface area (Å²) in [6, 6.07) is 0. The van der Waals surface area contributed by atoms with Gasteiger partial charge in [-0.15, -0.1) is 0 Å². The van der Waals surface area contributed by atoms with Gasteiger partial charge in [-0.25, -0.2) is 9.59 Å². The molecule has 0 spiro atoms. The number of hydrogen-bond donors (Lipinski definition) is 1. The quantitative estimate of drug-likeness (QED) is 0.230. The number of hydrogen-bond acceptors (Lipinski definition) is 9. The summed E-state index contributed by atoms with van der Waals surface area (Å²) < 4.78 is 29.5. The molecule has 0 amide bonds. The second-order valence-electron chi connectivity index (χ2n) is 3.95. The normalized spacial score (nSPS) is 10.5. The summed E-state index contributed by atoms with van der Waals surface area (Å²) in [4.78, 5) is 22.2. The van der Waals surface area contributed by atoms with Crippen molar-refractivity contribution in [1.29, 1.82) is 0 Å². The van der Waals surface area contributed by atoms with E-state index in [1.54, 1.807) is 14.2 Å². The zero-order valence-electron chi connectivity index (χ0n) is 13.1. The predicted octanol–water partition coefficient (Wildman–Crippen LogP) is -1.05. The van der Waals surface area contributed by atoms with Crippen LogP contribution in [0.5, 0.6) is 0 Å². The Labute approximate surface area is 130 Å². The third kappa shape index (κ3) is 15.1. The van der Waals surface area contributed by atoms with E-state index in [2.05, 4.69) is 14.8 Å². The van der Waals surface area contributed by atoms with Crippen LogP contribution < -0.4 is 5.32 Å². The van der Waals surface area contributed by atoms with Crippen molar-refractivity contribution in [2.45, 2.75) is 0 Å². The van der Waals surface area contributed by atoms with Gasteiger partial charge in [0, 0.05) is 7.11 Å². The largest absolute Gasteiger partial charge is 0.452 e. The van der Waals surface area contributed by atoms with Gasteiger partial charge >= 0.3 is 11.9 Å². The molecule has 0 aromatic carbocycles. The lowest BCUT2D eigenvalue weighted by atomic mass is 10.6. The van der Waals surface area contributed by atoms with Crippen molar-refractivity contribution < 1.29 is 38.0 Å². The molecule has 0 atom stereocenters. The first kappa shape index (κ1) is 20.7. The fraction of sp³-hybridized carbons (Fsp3) is 0.846. The highest BCUT2D eigenvalue weighted by molar-refractivity contribution is 5.76. The molecule has 0 radical (unpaired) electrons. The maximum absolute atomic E-state index is 11.2. The molecule has 0 fully saturated rings. The fourth-order valence-electron chi connectivity index (χ4n) is 1.11. The van der Waals surface area contributed by atoms with E-state index in [-0.39, 0.29) is 19.9 Å². The van der Waals surface area contributed by atoms with Crippen molar-refractivity contribution in [1.82, 2.24) is 5.32 Å². The topological polar surface area (TPSA) is 102 Å². The maximum atomic E-state index is 11.2. The third-order valence-electron chi connectivity index (χ3n) is 2.12. The fourth-order valence-corrected chi connectivity index (χ4v) is 1.11. The smallest absolute Gasteiger partial charge is 0.345 e.